The second-order valence-corrected chi connectivity index (χ2v) is 5.50. The Kier molecular flexibility index (Phi) is 3.11. The van der Waals surface area contributed by atoms with Crippen LogP contribution in [-0.2, 0) is 6.42 Å². The number of pyridine rings is 1. The molecule has 3 heteroatoms. The van der Waals surface area contributed by atoms with E-state index in [1.807, 2.05) is 28.9 Å². The number of nitrogens with zero attached hydrogens (tertiary/aromatic N) is 3. The number of hydrogen-bond acceptors (Lipinski definition) is 2. The maximum atomic E-state index is 4.86. The molecule has 0 saturated heterocycles. The Hall–Kier alpha value is -2.68. The van der Waals surface area contributed by atoms with Gasteiger partial charge in [-0.1, -0.05) is 49.7 Å². The number of aryl methyl sites for hydroxylation is 1. The molecule has 2 heterocycles. The van der Waals surface area contributed by atoms with Crippen molar-refractivity contribution in [2.45, 2.75) is 19.8 Å². The van der Waals surface area contributed by atoms with Crippen molar-refractivity contribution in [1.82, 2.24) is 14.8 Å². The van der Waals surface area contributed by atoms with Gasteiger partial charge in [0.2, 0.25) is 0 Å². The van der Waals surface area contributed by atoms with Crippen molar-refractivity contribution in [2.24, 2.45) is 0 Å². The van der Waals surface area contributed by atoms with E-state index >= 15 is 0 Å². The van der Waals surface area contributed by atoms with Crippen molar-refractivity contribution in [3.8, 4) is 5.69 Å². The van der Waals surface area contributed by atoms with E-state index in [-0.39, 0.29) is 0 Å². The zero-order chi connectivity index (χ0) is 14.9. The van der Waals surface area contributed by atoms with Crippen molar-refractivity contribution in [3.63, 3.8) is 0 Å². The Morgan fingerprint density at radius 3 is 2.55 bits per heavy atom. The molecule has 0 spiro atoms. The van der Waals surface area contributed by atoms with Crippen LogP contribution in [-0.4, -0.2) is 14.8 Å². The van der Waals surface area contributed by atoms with E-state index in [1.54, 1.807) is 0 Å². The molecule has 0 amide bonds. The quantitative estimate of drug-likeness (QED) is 0.554. The molecule has 0 aliphatic heterocycles. The fourth-order valence-corrected chi connectivity index (χ4v) is 2.87. The van der Waals surface area contributed by atoms with Crippen LogP contribution in [0, 0.1) is 0 Å². The fraction of sp³-hybridized carbons (Fsp3) is 0.158. The average Bonchev–Trinajstić information content (AvgIpc) is 2.92. The summed E-state index contributed by atoms with van der Waals surface area (Å²) in [4.78, 5) is 4.86. The standard InChI is InChI=1S/C19H17N3/c1-2-8-18-16-13-14-9-6-7-12-17(14)20-19(16)22(21-18)15-10-4-3-5-11-15/h3-7,9-13H,2,8H2,1H3. The van der Waals surface area contributed by atoms with Gasteiger partial charge in [0.05, 0.1) is 16.9 Å². The molecular weight excluding hydrogens is 270 g/mol. The van der Waals surface area contributed by atoms with Gasteiger partial charge in [-0.05, 0) is 30.7 Å². The summed E-state index contributed by atoms with van der Waals surface area (Å²) in [5, 5.41) is 7.15. The normalized spacial score (nSPS) is 11.3. The van der Waals surface area contributed by atoms with Gasteiger partial charge in [-0.3, -0.25) is 0 Å². The molecular formula is C19H17N3. The fourth-order valence-electron chi connectivity index (χ4n) is 2.87. The third-order valence-electron chi connectivity index (χ3n) is 3.92. The lowest BCUT2D eigenvalue weighted by Gasteiger charge is -2.03. The minimum atomic E-state index is 0.938. The molecule has 0 aliphatic rings. The maximum Gasteiger partial charge on any atom is 0.163 e. The summed E-state index contributed by atoms with van der Waals surface area (Å²) in [6.07, 6.45) is 2.05. The number of aromatic nitrogens is 3. The first-order chi connectivity index (χ1) is 10.9. The molecule has 3 nitrogen and oxygen atoms in total. The van der Waals surface area contributed by atoms with Crippen LogP contribution in [0.3, 0.4) is 0 Å². The van der Waals surface area contributed by atoms with Crippen LogP contribution in [0.25, 0.3) is 27.6 Å². The zero-order valence-corrected chi connectivity index (χ0v) is 12.5. The highest BCUT2D eigenvalue weighted by molar-refractivity contribution is 5.93. The third-order valence-corrected chi connectivity index (χ3v) is 3.92. The first-order valence-corrected chi connectivity index (χ1v) is 7.69. The summed E-state index contributed by atoms with van der Waals surface area (Å²) < 4.78 is 1.97. The topological polar surface area (TPSA) is 30.7 Å². The molecule has 0 fully saturated rings. The summed E-state index contributed by atoms with van der Waals surface area (Å²) >= 11 is 0. The van der Waals surface area contributed by atoms with Crippen LogP contribution in [0.2, 0.25) is 0 Å². The number of para-hydroxylation sites is 2. The predicted octanol–water partition coefficient (Wildman–Crippen LogP) is 4.53. The Bertz CT molecular complexity index is 939. The molecule has 2 aromatic carbocycles. The zero-order valence-electron chi connectivity index (χ0n) is 12.5. The van der Waals surface area contributed by atoms with E-state index in [1.165, 1.54) is 5.39 Å². The van der Waals surface area contributed by atoms with Crippen LogP contribution < -0.4 is 0 Å². The van der Waals surface area contributed by atoms with Crippen LogP contribution in [0.1, 0.15) is 19.0 Å². The van der Waals surface area contributed by atoms with Crippen LogP contribution in [0.4, 0.5) is 0 Å². The Morgan fingerprint density at radius 2 is 1.73 bits per heavy atom. The van der Waals surface area contributed by atoms with Crippen molar-refractivity contribution in [3.05, 3.63) is 66.4 Å². The first-order valence-electron chi connectivity index (χ1n) is 7.69. The van der Waals surface area contributed by atoms with Crippen LogP contribution in [0.15, 0.2) is 60.7 Å². The largest absolute Gasteiger partial charge is 0.228 e. The first kappa shape index (κ1) is 13.0. The minimum Gasteiger partial charge on any atom is -0.228 e. The summed E-state index contributed by atoms with van der Waals surface area (Å²) in [5.41, 5.74) is 4.13. The number of rotatable bonds is 3. The van der Waals surface area contributed by atoms with Crippen molar-refractivity contribution in [2.75, 3.05) is 0 Å². The molecule has 4 aromatic rings. The van der Waals surface area contributed by atoms with E-state index in [2.05, 4.69) is 43.3 Å². The highest BCUT2D eigenvalue weighted by Gasteiger charge is 2.13. The SMILES string of the molecule is CCCc1nn(-c2ccccc2)c2nc3ccccc3cc12. The molecule has 0 N–H and O–H groups in total. The second-order valence-electron chi connectivity index (χ2n) is 5.50. The molecule has 2 aromatic heterocycles. The summed E-state index contributed by atoms with van der Waals surface area (Å²) in [6, 6.07) is 20.7. The smallest absolute Gasteiger partial charge is 0.163 e. The molecule has 22 heavy (non-hydrogen) atoms. The highest BCUT2D eigenvalue weighted by atomic mass is 15.3. The Labute approximate surface area is 129 Å². The van der Waals surface area contributed by atoms with E-state index in [0.29, 0.717) is 0 Å². The van der Waals surface area contributed by atoms with Gasteiger partial charge < -0.3 is 0 Å². The van der Waals surface area contributed by atoms with Crippen molar-refractivity contribution in [1.29, 1.82) is 0 Å². The van der Waals surface area contributed by atoms with Gasteiger partial charge in [0.25, 0.3) is 0 Å². The van der Waals surface area contributed by atoms with E-state index < -0.39 is 0 Å². The maximum absolute atomic E-state index is 4.86. The number of benzene rings is 2. The van der Waals surface area contributed by atoms with Gasteiger partial charge in [0, 0.05) is 10.8 Å². The van der Waals surface area contributed by atoms with Crippen LogP contribution in [0.5, 0.6) is 0 Å². The molecule has 0 saturated carbocycles. The molecule has 108 valence electrons. The lowest BCUT2D eigenvalue weighted by molar-refractivity contribution is 0.816. The average molecular weight is 287 g/mol. The predicted molar refractivity (Wildman–Crippen MR) is 90.4 cm³/mol. The third kappa shape index (κ3) is 2.06. The molecule has 0 atom stereocenters. The van der Waals surface area contributed by atoms with E-state index in [4.69, 9.17) is 10.1 Å². The van der Waals surface area contributed by atoms with Crippen molar-refractivity contribution < 1.29 is 0 Å². The number of hydrogen-bond donors (Lipinski definition) is 0. The second kappa shape index (κ2) is 5.26. The van der Waals surface area contributed by atoms with E-state index in [9.17, 15) is 0 Å². The Balaban J connectivity index is 2.06. The van der Waals surface area contributed by atoms with Gasteiger partial charge in [-0.15, -0.1) is 0 Å². The molecule has 4 rings (SSSR count). The molecule has 0 radical (unpaired) electrons. The number of fused-ring (bicyclic) bond motifs is 2. The van der Waals surface area contributed by atoms with Crippen LogP contribution >= 0.6 is 0 Å². The van der Waals surface area contributed by atoms with Gasteiger partial charge in [0.15, 0.2) is 5.65 Å². The summed E-state index contributed by atoms with van der Waals surface area (Å²) in [6.45, 7) is 2.18. The summed E-state index contributed by atoms with van der Waals surface area (Å²) in [5.74, 6) is 0. The van der Waals surface area contributed by atoms with Gasteiger partial charge >= 0.3 is 0 Å². The Morgan fingerprint density at radius 1 is 0.955 bits per heavy atom. The molecule has 0 bridgehead atoms. The van der Waals surface area contributed by atoms with Gasteiger partial charge in [0.1, 0.15) is 0 Å². The molecule has 0 unspecified atom stereocenters. The van der Waals surface area contributed by atoms with Gasteiger partial charge in [-0.25, -0.2) is 9.67 Å². The lowest BCUT2D eigenvalue weighted by Crippen LogP contribution is -1.98. The monoisotopic (exact) mass is 287 g/mol. The lowest BCUT2D eigenvalue weighted by atomic mass is 10.1. The van der Waals surface area contributed by atoms with Gasteiger partial charge in [-0.2, -0.15) is 5.10 Å². The van der Waals surface area contributed by atoms with Crippen molar-refractivity contribution >= 4 is 21.9 Å². The molecule has 0 aliphatic carbocycles. The minimum absolute atomic E-state index is 0.938. The highest BCUT2D eigenvalue weighted by Crippen LogP contribution is 2.25. The summed E-state index contributed by atoms with van der Waals surface area (Å²) in [7, 11) is 0. The van der Waals surface area contributed by atoms with E-state index in [0.717, 1.165) is 40.8 Å².